The highest BCUT2D eigenvalue weighted by molar-refractivity contribution is 5.26. The van der Waals surface area contributed by atoms with Crippen LogP contribution in [0.5, 0.6) is 0 Å². The van der Waals surface area contributed by atoms with E-state index >= 15 is 0 Å². The van der Waals surface area contributed by atoms with E-state index in [2.05, 4.69) is 67.7 Å². The van der Waals surface area contributed by atoms with Crippen molar-refractivity contribution in [2.75, 3.05) is 6.61 Å². The SMILES string of the molecule is CC1NC(C)(c2ccccc2)COC1c1ccccc1. The molecule has 3 unspecified atom stereocenters. The third-order valence-electron chi connectivity index (χ3n) is 4.09. The molecule has 3 rings (SSSR count). The Labute approximate surface area is 120 Å². The van der Waals surface area contributed by atoms with Crippen LogP contribution in [-0.4, -0.2) is 12.6 Å². The molecule has 1 aliphatic rings. The van der Waals surface area contributed by atoms with Gasteiger partial charge in [0.2, 0.25) is 0 Å². The minimum absolute atomic E-state index is 0.119. The molecule has 1 saturated heterocycles. The molecule has 0 aliphatic carbocycles. The lowest BCUT2D eigenvalue weighted by atomic mass is 9.88. The van der Waals surface area contributed by atoms with Gasteiger partial charge in [-0.05, 0) is 25.0 Å². The van der Waals surface area contributed by atoms with Crippen LogP contribution >= 0.6 is 0 Å². The molecular weight excluding hydrogens is 246 g/mol. The summed E-state index contributed by atoms with van der Waals surface area (Å²) in [4.78, 5) is 0. The van der Waals surface area contributed by atoms with Gasteiger partial charge in [-0.25, -0.2) is 0 Å². The Bertz CT molecular complexity index is 554. The van der Waals surface area contributed by atoms with E-state index in [1.807, 2.05) is 12.1 Å². The van der Waals surface area contributed by atoms with Crippen molar-refractivity contribution in [1.82, 2.24) is 5.32 Å². The molecule has 0 spiro atoms. The number of hydrogen-bond donors (Lipinski definition) is 1. The Morgan fingerprint density at radius 1 is 1.00 bits per heavy atom. The fourth-order valence-corrected chi connectivity index (χ4v) is 3.02. The molecule has 2 heteroatoms. The molecule has 0 radical (unpaired) electrons. The Kier molecular flexibility index (Phi) is 3.60. The van der Waals surface area contributed by atoms with Crippen molar-refractivity contribution in [1.29, 1.82) is 0 Å². The number of benzene rings is 2. The second-order valence-electron chi connectivity index (χ2n) is 5.77. The summed E-state index contributed by atoms with van der Waals surface area (Å²) < 4.78 is 6.18. The van der Waals surface area contributed by atoms with Crippen LogP contribution < -0.4 is 5.32 Å². The molecule has 0 amide bonds. The van der Waals surface area contributed by atoms with Crippen LogP contribution in [0.4, 0.5) is 0 Å². The third-order valence-corrected chi connectivity index (χ3v) is 4.09. The lowest BCUT2D eigenvalue weighted by Gasteiger charge is -2.43. The first kappa shape index (κ1) is 13.3. The molecule has 0 bridgehead atoms. The van der Waals surface area contributed by atoms with E-state index in [1.54, 1.807) is 0 Å². The highest BCUT2D eigenvalue weighted by Gasteiger charge is 2.37. The maximum atomic E-state index is 6.18. The lowest BCUT2D eigenvalue weighted by molar-refractivity contribution is -0.0573. The average Bonchev–Trinajstić information content (AvgIpc) is 2.49. The van der Waals surface area contributed by atoms with Crippen molar-refractivity contribution in [2.24, 2.45) is 0 Å². The van der Waals surface area contributed by atoms with E-state index < -0.39 is 0 Å². The molecule has 1 N–H and O–H groups in total. The van der Waals surface area contributed by atoms with Crippen molar-refractivity contribution in [3.8, 4) is 0 Å². The van der Waals surface area contributed by atoms with Crippen molar-refractivity contribution in [3.05, 3.63) is 71.8 Å². The normalized spacial score (nSPS) is 30.1. The quantitative estimate of drug-likeness (QED) is 0.896. The molecular formula is C18H21NO. The van der Waals surface area contributed by atoms with Crippen molar-refractivity contribution < 1.29 is 4.74 Å². The molecule has 2 aromatic rings. The summed E-state index contributed by atoms with van der Waals surface area (Å²) in [6.07, 6.45) is 0.119. The van der Waals surface area contributed by atoms with Crippen LogP contribution in [0.3, 0.4) is 0 Å². The lowest BCUT2D eigenvalue weighted by Crippen LogP contribution is -2.55. The third kappa shape index (κ3) is 2.49. The van der Waals surface area contributed by atoms with Gasteiger partial charge in [0.1, 0.15) is 0 Å². The summed E-state index contributed by atoms with van der Waals surface area (Å²) in [7, 11) is 0. The highest BCUT2D eigenvalue weighted by atomic mass is 16.5. The molecule has 1 aliphatic heterocycles. The Morgan fingerprint density at radius 2 is 1.60 bits per heavy atom. The van der Waals surface area contributed by atoms with Gasteiger partial charge in [0, 0.05) is 6.04 Å². The van der Waals surface area contributed by atoms with Crippen molar-refractivity contribution >= 4 is 0 Å². The van der Waals surface area contributed by atoms with Gasteiger partial charge in [-0.15, -0.1) is 0 Å². The molecule has 1 heterocycles. The number of morpholine rings is 1. The Morgan fingerprint density at radius 3 is 2.20 bits per heavy atom. The summed E-state index contributed by atoms with van der Waals surface area (Å²) in [6, 6.07) is 21.2. The van der Waals surface area contributed by atoms with Gasteiger partial charge in [0.15, 0.2) is 0 Å². The van der Waals surface area contributed by atoms with Gasteiger partial charge in [-0.2, -0.15) is 0 Å². The first-order valence-corrected chi connectivity index (χ1v) is 7.19. The van der Waals surface area contributed by atoms with Gasteiger partial charge in [0.05, 0.1) is 18.2 Å². The minimum Gasteiger partial charge on any atom is -0.370 e. The van der Waals surface area contributed by atoms with Crippen LogP contribution in [0.25, 0.3) is 0 Å². The molecule has 1 fully saturated rings. The fraction of sp³-hybridized carbons (Fsp3) is 0.333. The van der Waals surface area contributed by atoms with Crippen LogP contribution in [-0.2, 0) is 10.3 Å². The molecule has 3 atom stereocenters. The number of hydrogen-bond acceptors (Lipinski definition) is 2. The second-order valence-corrected chi connectivity index (χ2v) is 5.77. The second kappa shape index (κ2) is 5.39. The first-order chi connectivity index (χ1) is 9.69. The molecule has 0 aromatic heterocycles. The summed E-state index contributed by atoms with van der Waals surface area (Å²) >= 11 is 0. The number of ether oxygens (including phenoxy) is 1. The topological polar surface area (TPSA) is 21.3 Å². The Balaban J connectivity index is 1.80. The number of rotatable bonds is 2. The predicted octanol–water partition coefficient (Wildman–Crippen LogP) is 3.65. The first-order valence-electron chi connectivity index (χ1n) is 7.19. The number of nitrogens with one attached hydrogen (secondary N) is 1. The maximum absolute atomic E-state index is 6.18. The predicted molar refractivity (Wildman–Crippen MR) is 81.5 cm³/mol. The van der Waals surface area contributed by atoms with Crippen molar-refractivity contribution in [3.63, 3.8) is 0 Å². The fourth-order valence-electron chi connectivity index (χ4n) is 3.02. The molecule has 2 nitrogen and oxygen atoms in total. The van der Waals surface area contributed by atoms with Crippen LogP contribution in [0.15, 0.2) is 60.7 Å². The van der Waals surface area contributed by atoms with E-state index in [0.29, 0.717) is 6.61 Å². The summed E-state index contributed by atoms with van der Waals surface area (Å²) in [5.74, 6) is 0. The van der Waals surface area contributed by atoms with Crippen LogP contribution in [0.2, 0.25) is 0 Å². The van der Waals surface area contributed by atoms with Gasteiger partial charge in [-0.1, -0.05) is 60.7 Å². The van der Waals surface area contributed by atoms with Gasteiger partial charge >= 0.3 is 0 Å². The van der Waals surface area contributed by atoms with Gasteiger partial charge < -0.3 is 10.1 Å². The molecule has 0 saturated carbocycles. The standard InChI is InChI=1S/C18H21NO/c1-14-17(15-9-5-3-6-10-15)20-13-18(2,19-14)16-11-7-4-8-12-16/h3-12,14,17,19H,13H2,1-2H3. The zero-order chi connectivity index (χ0) is 14.0. The van der Waals surface area contributed by atoms with Crippen LogP contribution in [0, 0.1) is 0 Å². The largest absolute Gasteiger partial charge is 0.370 e. The molecule has 104 valence electrons. The summed E-state index contributed by atoms with van der Waals surface area (Å²) in [6.45, 7) is 5.08. The van der Waals surface area contributed by atoms with E-state index in [4.69, 9.17) is 4.74 Å². The van der Waals surface area contributed by atoms with Gasteiger partial charge in [-0.3, -0.25) is 0 Å². The van der Waals surface area contributed by atoms with E-state index in [9.17, 15) is 0 Å². The van der Waals surface area contributed by atoms with Gasteiger partial charge in [0.25, 0.3) is 0 Å². The zero-order valence-corrected chi connectivity index (χ0v) is 12.0. The van der Waals surface area contributed by atoms with Crippen molar-refractivity contribution in [2.45, 2.75) is 31.5 Å². The van der Waals surface area contributed by atoms with E-state index in [1.165, 1.54) is 11.1 Å². The summed E-state index contributed by atoms with van der Waals surface area (Å²) in [5, 5.41) is 3.73. The van der Waals surface area contributed by atoms with E-state index in [-0.39, 0.29) is 17.7 Å². The minimum atomic E-state index is -0.119. The monoisotopic (exact) mass is 267 g/mol. The Hall–Kier alpha value is -1.64. The smallest absolute Gasteiger partial charge is 0.0976 e. The maximum Gasteiger partial charge on any atom is 0.0976 e. The zero-order valence-electron chi connectivity index (χ0n) is 12.0. The summed E-state index contributed by atoms with van der Waals surface area (Å²) in [5.41, 5.74) is 2.40. The van der Waals surface area contributed by atoms with E-state index in [0.717, 1.165) is 0 Å². The highest BCUT2D eigenvalue weighted by Crippen LogP contribution is 2.33. The van der Waals surface area contributed by atoms with Crippen LogP contribution in [0.1, 0.15) is 31.1 Å². The molecule has 2 aromatic carbocycles. The molecule has 20 heavy (non-hydrogen) atoms. The average molecular weight is 267 g/mol.